The van der Waals surface area contributed by atoms with Gasteiger partial charge in [-0.15, -0.1) is 0 Å². The molecule has 0 unspecified atom stereocenters. The second kappa shape index (κ2) is 2.74. The summed E-state index contributed by atoms with van der Waals surface area (Å²) >= 11 is 2.03. The summed E-state index contributed by atoms with van der Waals surface area (Å²) in [7, 11) is 1.78. The molecule has 0 aliphatic heterocycles. The van der Waals surface area contributed by atoms with Gasteiger partial charge in [0.2, 0.25) is 0 Å². The van der Waals surface area contributed by atoms with Gasteiger partial charge in [-0.25, -0.2) is 0 Å². The smallest absolute Gasteiger partial charge is 0.263 e. The van der Waals surface area contributed by atoms with Crippen LogP contribution in [0.5, 0.6) is 0 Å². The van der Waals surface area contributed by atoms with E-state index in [0.29, 0.717) is 0 Å². The van der Waals surface area contributed by atoms with Crippen LogP contribution in [-0.4, -0.2) is 4.57 Å². The molecule has 1 aromatic heterocycles. The number of hydrogen-bond donors (Lipinski definition) is 0. The molecule has 10 heavy (non-hydrogen) atoms. The van der Waals surface area contributed by atoms with E-state index in [2.05, 4.69) is 0 Å². The minimum Gasteiger partial charge on any atom is -0.315 e. The summed E-state index contributed by atoms with van der Waals surface area (Å²) in [5.41, 5.74) is 1.08. The Morgan fingerprint density at radius 1 is 1.50 bits per heavy atom. The molecule has 0 fully saturated rings. The van der Waals surface area contributed by atoms with Gasteiger partial charge in [-0.2, -0.15) is 0 Å². The quantitative estimate of drug-likeness (QED) is 0.635. The summed E-state index contributed by atoms with van der Waals surface area (Å²) < 4.78 is 2.41. The second-order valence-corrected chi connectivity index (χ2v) is 3.35. The lowest BCUT2D eigenvalue weighted by molar-refractivity contribution is 0.812. The Bertz CT molecular complexity index is 303. The Hall–Kier alpha value is -0.320. The number of nitrogens with zero attached hydrogens (tertiary/aromatic N) is 1. The van der Waals surface area contributed by atoms with E-state index in [4.69, 9.17) is 0 Å². The first-order chi connectivity index (χ1) is 4.63. The molecule has 54 valence electrons. The number of pyridine rings is 1. The van der Waals surface area contributed by atoms with E-state index in [-0.39, 0.29) is 5.56 Å². The van der Waals surface area contributed by atoms with Crippen molar-refractivity contribution in [2.75, 3.05) is 0 Å². The lowest BCUT2D eigenvalue weighted by Crippen LogP contribution is -2.20. The van der Waals surface area contributed by atoms with Crippen LogP contribution < -0.4 is 5.56 Å². The van der Waals surface area contributed by atoms with Crippen molar-refractivity contribution in [3.05, 3.63) is 31.8 Å². The fourth-order valence-electron chi connectivity index (χ4n) is 0.697. The van der Waals surface area contributed by atoms with Crippen molar-refractivity contribution >= 4 is 22.6 Å². The van der Waals surface area contributed by atoms with Crippen LogP contribution in [0.25, 0.3) is 0 Å². The maximum atomic E-state index is 11.1. The SMILES string of the molecule is Cc1ccc(I)c(=O)n1C. The van der Waals surface area contributed by atoms with E-state index in [9.17, 15) is 4.79 Å². The van der Waals surface area contributed by atoms with Gasteiger partial charge in [-0.3, -0.25) is 4.79 Å². The van der Waals surface area contributed by atoms with E-state index < -0.39 is 0 Å². The molecule has 0 radical (unpaired) electrons. The summed E-state index contributed by atoms with van der Waals surface area (Å²) in [6.45, 7) is 1.91. The molecule has 0 atom stereocenters. The highest BCUT2D eigenvalue weighted by atomic mass is 127. The van der Waals surface area contributed by atoms with Gasteiger partial charge in [0, 0.05) is 12.7 Å². The highest BCUT2D eigenvalue weighted by Gasteiger charge is 1.97. The van der Waals surface area contributed by atoms with Crippen LogP contribution in [0.2, 0.25) is 0 Å². The van der Waals surface area contributed by atoms with Crippen molar-refractivity contribution < 1.29 is 0 Å². The van der Waals surface area contributed by atoms with Crippen LogP contribution in [-0.2, 0) is 7.05 Å². The van der Waals surface area contributed by atoms with Crippen molar-refractivity contribution in [2.24, 2.45) is 7.05 Å². The van der Waals surface area contributed by atoms with E-state index in [1.807, 2.05) is 41.6 Å². The first-order valence-electron chi connectivity index (χ1n) is 2.95. The Kier molecular flexibility index (Phi) is 2.13. The fraction of sp³-hybridized carbons (Fsp3) is 0.286. The van der Waals surface area contributed by atoms with Crippen LogP contribution in [0.3, 0.4) is 0 Å². The molecule has 0 saturated heterocycles. The zero-order valence-corrected chi connectivity index (χ0v) is 8.05. The van der Waals surface area contributed by atoms with Crippen LogP contribution in [0.1, 0.15) is 5.69 Å². The zero-order chi connectivity index (χ0) is 7.72. The molecule has 1 aromatic rings. The Labute approximate surface area is 73.0 Å². The largest absolute Gasteiger partial charge is 0.315 e. The minimum atomic E-state index is 0.0839. The molecule has 0 amide bonds. The molecule has 2 nitrogen and oxygen atoms in total. The van der Waals surface area contributed by atoms with E-state index in [1.165, 1.54) is 0 Å². The third kappa shape index (κ3) is 1.23. The molecule has 0 bridgehead atoms. The van der Waals surface area contributed by atoms with Gasteiger partial charge >= 0.3 is 0 Å². The molecule has 1 rings (SSSR count). The average Bonchev–Trinajstić information content (AvgIpc) is 1.93. The second-order valence-electron chi connectivity index (χ2n) is 2.19. The Morgan fingerprint density at radius 2 is 2.10 bits per heavy atom. The molecular weight excluding hydrogens is 241 g/mol. The van der Waals surface area contributed by atoms with E-state index in [1.54, 1.807) is 11.6 Å². The third-order valence-electron chi connectivity index (χ3n) is 1.51. The van der Waals surface area contributed by atoms with Gasteiger partial charge in [-0.1, -0.05) is 0 Å². The zero-order valence-electron chi connectivity index (χ0n) is 5.89. The lowest BCUT2D eigenvalue weighted by Gasteiger charge is -2.01. The van der Waals surface area contributed by atoms with E-state index >= 15 is 0 Å². The third-order valence-corrected chi connectivity index (χ3v) is 2.33. The minimum absolute atomic E-state index is 0.0839. The normalized spacial score (nSPS) is 9.90. The number of hydrogen-bond acceptors (Lipinski definition) is 1. The predicted octanol–water partition coefficient (Wildman–Crippen LogP) is 1.30. The predicted molar refractivity (Wildman–Crippen MR) is 49.1 cm³/mol. The van der Waals surface area contributed by atoms with Crippen molar-refractivity contribution in [3.8, 4) is 0 Å². The van der Waals surface area contributed by atoms with Crippen LogP contribution >= 0.6 is 22.6 Å². The van der Waals surface area contributed by atoms with Crippen molar-refractivity contribution in [2.45, 2.75) is 6.92 Å². The van der Waals surface area contributed by atoms with Gasteiger partial charge in [0.1, 0.15) is 0 Å². The van der Waals surface area contributed by atoms with Crippen LogP contribution in [0.15, 0.2) is 16.9 Å². The van der Waals surface area contributed by atoms with Crippen molar-refractivity contribution in [1.82, 2.24) is 4.57 Å². The lowest BCUT2D eigenvalue weighted by atomic mass is 10.4. The monoisotopic (exact) mass is 249 g/mol. The maximum absolute atomic E-state index is 11.1. The highest BCUT2D eigenvalue weighted by Crippen LogP contribution is 1.98. The summed E-state index contributed by atoms with van der Waals surface area (Å²) in [6, 6.07) is 3.77. The summed E-state index contributed by atoms with van der Waals surface area (Å²) in [5.74, 6) is 0. The number of aromatic nitrogens is 1. The van der Waals surface area contributed by atoms with Gasteiger partial charge < -0.3 is 4.57 Å². The summed E-state index contributed by atoms with van der Waals surface area (Å²) in [5, 5.41) is 0. The van der Waals surface area contributed by atoms with Crippen LogP contribution in [0.4, 0.5) is 0 Å². The Balaban J connectivity index is 3.50. The molecular formula is C7H8INO. The maximum Gasteiger partial charge on any atom is 0.263 e. The number of aryl methyl sites for hydroxylation is 1. The molecule has 0 aliphatic carbocycles. The van der Waals surface area contributed by atoms with E-state index in [0.717, 1.165) is 9.26 Å². The van der Waals surface area contributed by atoms with Crippen LogP contribution in [0, 0.1) is 10.5 Å². The first-order valence-corrected chi connectivity index (χ1v) is 4.03. The summed E-state index contributed by atoms with van der Waals surface area (Å²) in [6.07, 6.45) is 0. The topological polar surface area (TPSA) is 22.0 Å². The summed E-state index contributed by atoms with van der Waals surface area (Å²) in [4.78, 5) is 11.1. The van der Waals surface area contributed by atoms with Gasteiger partial charge in [0.25, 0.3) is 5.56 Å². The molecule has 0 aromatic carbocycles. The van der Waals surface area contributed by atoms with Gasteiger partial charge in [-0.05, 0) is 41.6 Å². The van der Waals surface area contributed by atoms with Gasteiger partial charge in [0.05, 0.1) is 3.57 Å². The molecule has 0 N–H and O–H groups in total. The molecule has 0 saturated carbocycles. The Morgan fingerprint density at radius 3 is 2.60 bits per heavy atom. The molecule has 0 aliphatic rings. The van der Waals surface area contributed by atoms with Crippen molar-refractivity contribution in [3.63, 3.8) is 0 Å². The number of halogens is 1. The fourth-order valence-corrected chi connectivity index (χ4v) is 1.24. The standard InChI is InChI=1S/C7H8INO/c1-5-3-4-6(8)7(10)9(5)2/h3-4H,1-2H3. The molecule has 1 heterocycles. The van der Waals surface area contributed by atoms with Gasteiger partial charge in [0.15, 0.2) is 0 Å². The molecule has 3 heteroatoms. The highest BCUT2D eigenvalue weighted by molar-refractivity contribution is 14.1. The average molecular weight is 249 g/mol. The molecule has 0 spiro atoms. The van der Waals surface area contributed by atoms with Crippen molar-refractivity contribution in [1.29, 1.82) is 0 Å². The number of rotatable bonds is 0. The first kappa shape index (κ1) is 7.78.